The summed E-state index contributed by atoms with van der Waals surface area (Å²) in [4.78, 5) is 12.6. The number of benzene rings is 1. The SMILES string of the molecule is CCC(CSC)N(C)c1cccc(Cl)c1[N+](=O)[O-]. The average Bonchev–Trinajstić information content (AvgIpc) is 2.34. The van der Waals surface area contributed by atoms with Gasteiger partial charge in [0, 0.05) is 18.8 Å². The van der Waals surface area contributed by atoms with Crippen LogP contribution in [0.1, 0.15) is 13.3 Å². The number of para-hydroxylation sites is 1. The fourth-order valence-electron chi connectivity index (χ4n) is 1.86. The molecule has 0 saturated carbocycles. The Labute approximate surface area is 116 Å². The van der Waals surface area contributed by atoms with Gasteiger partial charge in [0.2, 0.25) is 0 Å². The molecule has 0 aliphatic rings. The smallest absolute Gasteiger partial charge is 0.310 e. The molecule has 0 fully saturated rings. The number of hydrogen-bond donors (Lipinski definition) is 0. The average molecular weight is 289 g/mol. The van der Waals surface area contributed by atoms with E-state index in [9.17, 15) is 10.1 Å². The van der Waals surface area contributed by atoms with Crippen LogP contribution in [0, 0.1) is 10.1 Å². The van der Waals surface area contributed by atoms with Crippen LogP contribution in [-0.2, 0) is 0 Å². The zero-order valence-corrected chi connectivity index (χ0v) is 12.3. The molecule has 0 aromatic heterocycles. The van der Waals surface area contributed by atoms with Gasteiger partial charge in [0.1, 0.15) is 10.7 Å². The van der Waals surface area contributed by atoms with Crippen molar-refractivity contribution in [2.75, 3.05) is 24.0 Å². The Morgan fingerprint density at radius 3 is 2.72 bits per heavy atom. The third-order valence-electron chi connectivity index (χ3n) is 2.91. The van der Waals surface area contributed by atoms with Gasteiger partial charge in [-0.3, -0.25) is 10.1 Å². The van der Waals surface area contributed by atoms with Crippen LogP contribution in [0.4, 0.5) is 11.4 Å². The van der Waals surface area contributed by atoms with Crippen LogP contribution < -0.4 is 4.90 Å². The van der Waals surface area contributed by atoms with Gasteiger partial charge in [0.05, 0.1) is 4.92 Å². The fourth-order valence-corrected chi connectivity index (χ4v) is 2.94. The zero-order chi connectivity index (χ0) is 13.7. The Morgan fingerprint density at radius 2 is 2.22 bits per heavy atom. The predicted molar refractivity (Wildman–Crippen MR) is 79.0 cm³/mol. The van der Waals surface area contributed by atoms with Crippen LogP contribution >= 0.6 is 23.4 Å². The Balaban J connectivity index is 3.15. The summed E-state index contributed by atoms with van der Waals surface area (Å²) in [6.07, 6.45) is 2.96. The number of nitro benzene ring substituents is 1. The molecule has 0 amide bonds. The molecule has 1 aromatic rings. The van der Waals surface area contributed by atoms with E-state index in [-0.39, 0.29) is 16.8 Å². The summed E-state index contributed by atoms with van der Waals surface area (Å²) in [6, 6.07) is 5.30. The predicted octanol–water partition coefficient (Wildman–Crippen LogP) is 3.83. The second-order valence-corrected chi connectivity index (χ2v) is 5.31. The molecule has 0 spiro atoms. The second kappa shape index (κ2) is 6.85. The van der Waals surface area contributed by atoms with E-state index in [2.05, 4.69) is 6.92 Å². The maximum Gasteiger partial charge on any atom is 0.310 e. The molecule has 0 radical (unpaired) electrons. The first-order chi connectivity index (χ1) is 8.52. The molecule has 0 bridgehead atoms. The molecular weight excluding hydrogens is 272 g/mol. The lowest BCUT2D eigenvalue weighted by atomic mass is 10.2. The first-order valence-corrected chi connectivity index (χ1v) is 7.44. The molecule has 1 unspecified atom stereocenters. The molecular formula is C12H17ClN2O2S. The molecule has 0 saturated heterocycles. The molecule has 1 aromatic carbocycles. The van der Waals surface area contributed by atoms with Gasteiger partial charge < -0.3 is 4.90 Å². The van der Waals surface area contributed by atoms with Gasteiger partial charge in [-0.25, -0.2) is 0 Å². The Morgan fingerprint density at radius 1 is 1.56 bits per heavy atom. The Kier molecular flexibility index (Phi) is 5.75. The van der Waals surface area contributed by atoms with Gasteiger partial charge in [0.25, 0.3) is 0 Å². The third kappa shape index (κ3) is 3.29. The number of halogens is 1. The van der Waals surface area contributed by atoms with Crippen molar-refractivity contribution in [3.05, 3.63) is 33.3 Å². The maximum absolute atomic E-state index is 11.1. The topological polar surface area (TPSA) is 46.4 Å². The molecule has 4 nitrogen and oxygen atoms in total. The van der Waals surface area contributed by atoms with Gasteiger partial charge >= 0.3 is 5.69 Å². The molecule has 0 aliphatic carbocycles. The van der Waals surface area contributed by atoms with Crippen molar-refractivity contribution in [2.45, 2.75) is 19.4 Å². The monoisotopic (exact) mass is 288 g/mol. The number of nitrogens with zero attached hydrogens (tertiary/aromatic N) is 2. The summed E-state index contributed by atoms with van der Waals surface area (Å²) in [7, 11) is 1.88. The molecule has 1 atom stereocenters. The summed E-state index contributed by atoms with van der Waals surface area (Å²) < 4.78 is 0. The molecule has 100 valence electrons. The van der Waals surface area contributed by atoms with Crippen molar-refractivity contribution in [1.29, 1.82) is 0 Å². The summed E-state index contributed by atoms with van der Waals surface area (Å²) in [5.41, 5.74) is 0.564. The van der Waals surface area contributed by atoms with E-state index in [4.69, 9.17) is 11.6 Å². The van der Waals surface area contributed by atoms with Crippen LogP contribution in [-0.4, -0.2) is 30.0 Å². The largest absolute Gasteiger partial charge is 0.365 e. The highest BCUT2D eigenvalue weighted by atomic mass is 35.5. The fraction of sp³-hybridized carbons (Fsp3) is 0.500. The van der Waals surface area contributed by atoms with E-state index < -0.39 is 4.92 Å². The minimum Gasteiger partial charge on any atom is -0.365 e. The lowest BCUT2D eigenvalue weighted by Gasteiger charge is -2.28. The van der Waals surface area contributed by atoms with Gasteiger partial charge in [0.15, 0.2) is 0 Å². The normalized spacial score (nSPS) is 12.2. The number of nitro groups is 1. The quantitative estimate of drug-likeness (QED) is 0.589. The van der Waals surface area contributed by atoms with E-state index in [0.717, 1.165) is 12.2 Å². The van der Waals surface area contributed by atoms with E-state index in [1.54, 1.807) is 30.0 Å². The molecule has 0 heterocycles. The number of hydrogen-bond acceptors (Lipinski definition) is 4. The Bertz CT molecular complexity index is 429. The molecule has 6 heteroatoms. The lowest BCUT2D eigenvalue weighted by molar-refractivity contribution is -0.384. The zero-order valence-electron chi connectivity index (χ0n) is 10.7. The van der Waals surface area contributed by atoms with Crippen molar-refractivity contribution < 1.29 is 4.92 Å². The van der Waals surface area contributed by atoms with Crippen molar-refractivity contribution in [3.8, 4) is 0 Å². The highest BCUT2D eigenvalue weighted by Crippen LogP contribution is 2.35. The van der Waals surface area contributed by atoms with Crippen LogP contribution in [0.2, 0.25) is 5.02 Å². The van der Waals surface area contributed by atoms with Gasteiger partial charge in [-0.15, -0.1) is 0 Å². The molecule has 1 rings (SSSR count). The van der Waals surface area contributed by atoms with Gasteiger partial charge in [-0.1, -0.05) is 24.6 Å². The standard InChI is InChI=1S/C12H17ClN2O2S/c1-4-9(8-18-3)14(2)11-7-5-6-10(13)12(11)15(16)17/h5-7,9H,4,8H2,1-3H3. The highest BCUT2D eigenvalue weighted by molar-refractivity contribution is 7.98. The summed E-state index contributed by atoms with van der Waals surface area (Å²) in [5, 5.41) is 11.3. The van der Waals surface area contributed by atoms with Crippen molar-refractivity contribution in [3.63, 3.8) is 0 Å². The Hall–Kier alpha value is -0.940. The minimum atomic E-state index is -0.417. The second-order valence-electron chi connectivity index (χ2n) is 3.99. The number of rotatable bonds is 6. The first-order valence-electron chi connectivity index (χ1n) is 5.67. The van der Waals surface area contributed by atoms with Gasteiger partial charge in [-0.05, 0) is 24.8 Å². The van der Waals surface area contributed by atoms with E-state index in [1.165, 1.54) is 0 Å². The van der Waals surface area contributed by atoms with E-state index in [1.807, 2.05) is 18.2 Å². The van der Waals surface area contributed by atoms with Gasteiger partial charge in [-0.2, -0.15) is 11.8 Å². The van der Waals surface area contributed by atoms with Crippen LogP contribution in [0.15, 0.2) is 18.2 Å². The van der Waals surface area contributed by atoms with Crippen molar-refractivity contribution in [2.24, 2.45) is 0 Å². The molecule has 18 heavy (non-hydrogen) atoms. The number of anilines is 1. The molecule has 0 N–H and O–H groups in total. The van der Waals surface area contributed by atoms with E-state index in [0.29, 0.717) is 5.69 Å². The van der Waals surface area contributed by atoms with Crippen molar-refractivity contribution >= 4 is 34.7 Å². The minimum absolute atomic E-state index is 0.0128. The maximum atomic E-state index is 11.1. The highest BCUT2D eigenvalue weighted by Gasteiger charge is 2.24. The summed E-state index contributed by atoms with van der Waals surface area (Å²) >= 11 is 7.65. The lowest BCUT2D eigenvalue weighted by Crippen LogP contribution is -2.33. The first kappa shape index (κ1) is 15.1. The molecule has 0 aliphatic heterocycles. The van der Waals surface area contributed by atoms with Crippen LogP contribution in [0.25, 0.3) is 0 Å². The van der Waals surface area contributed by atoms with Crippen LogP contribution in [0.3, 0.4) is 0 Å². The summed E-state index contributed by atoms with van der Waals surface area (Å²) in [5.74, 6) is 0.927. The third-order valence-corrected chi connectivity index (χ3v) is 3.93. The van der Waals surface area contributed by atoms with Crippen LogP contribution in [0.5, 0.6) is 0 Å². The van der Waals surface area contributed by atoms with E-state index >= 15 is 0 Å². The van der Waals surface area contributed by atoms with Crippen molar-refractivity contribution in [1.82, 2.24) is 0 Å². The summed E-state index contributed by atoms with van der Waals surface area (Å²) in [6.45, 7) is 2.08. The number of thioether (sulfide) groups is 1.